The van der Waals surface area contributed by atoms with E-state index in [1.165, 1.54) is 13.3 Å². The van der Waals surface area contributed by atoms with E-state index in [1.807, 2.05) is 6.07 Å². The van der Waals surface area contributed by atoms with Crippen LogP contribution in [-0.2, 0) is 16.1 Å². The minimum atomic E-state index is -0.858. The van der Waals surface area contributed by atoms with Crippen LogP contribution >= 0.6 is 0 Å². The minimum Gasteiger partial charge on any atom is -0.481 e. The van der Waals surface area contributed by atoms with E-state index in [0.717, 1.165) is 11.1 Å². The molecule has 0 heterocycles. The van der Waals surface area contributed by atoms with Crippen molar-refractivity contribution in [3.63, 3.8) is 0 Å². The molecule has 1 aromatic rings. The first-order chi connectivity index (χ1) is 6.74. The average Bonchev–Trinajstić information content (AvgIpc) is 2.16. The van der Waals surface area contributed by atoms with Crippen LogP contribution in [0, 0.1) is 0 Å². The van der Waals surface area contributed by atoms with Gasteiger partial charge in [0.05, 0.1) is 12.6 Å². The monoisotopic (exact) mass is 193 g/mol. The molecule has 0 fully saturated rings. The van der Waals surface area contributed by atoms with Crippen molar-refractivity contribution in [2.24, 2.45) is 5.16 Å². The Morgan fingerprint density at radius 3 is 2.93 bits per heavy atom. The SMILES string of the molecule is CO/N=C\c1ccccc1CC(=O)O. The van der Waals surface area contributed by atoms with Gasteiger partial charge in [0.25, 0.3) is 0 Å². The fraction of sp³-hybridized carbons (Fsp3) is 0.200. The van der Waals surface area contributed by atoms with E-state index in [4.69, 9.17) is 5.11 Å². The van der Waals surface area contributed by atoms with Gasteiger partial charge in [0.15, 0.2) is 0 Å². The highest BCUT2D eigenvalue weighted by Gasteiger charge is 2.03. The molecule has 4 nitrogen and oxygen atoms in total. The molecule has 0 saturated carbocycles. The topological polar surface area (TPSA) is 58.9 Å². The number of carboxylic acid groups (broad SMARTS) is 1. The van der Waals surface area contributed by atoms with Gasteiger partial charge in [0.1, 0.15) is 7.11 Å². The van der Waals surface area contributed by atoms with Gasteiger partial charge in [-0.15, -0.1) is 0 Å². The van der Waals surface area contributed by atoms with Crippen molar-refractivity contribution in [1.82, 2.24) is 0 Å². The third-order valence-electron chi connectivity index (χ3n) is 1.69. The average molecular weight is 193 g/mol. The molecule has 1 aromatic carbocycles. The molecule has 4 heteroatoms. The minimum absolute atomic E-state index is 0.00803. The van der Waals surface area contributed by atoms with Gasteiger partial charge < -0.3 is 9.94 Å². The Balaban J connectivity index is 2.90. The van der Waals surface area contributed by atoms with Crippen LogP contribution in [0.25, 0.3) is 0 Å². The van der Waals surface area contributed by atoms with Gasteiger partial charge in [-0.05, 0) is 11.1 Å². The van der Waals surface area contributed by atoms with Crippen molar-refractivity contribution in [2.45, 2.75) is 6.42 Å². The van der Waals surface area contributed by atoms with E-state index in [-0.39, 0.29) is 6.42 Å². The molecule has 0 bridgehead atoms. The Kier molecular flexibility index (Phi) is 3.67. The van der Waals surface area contributed by atoms with Crippen molar-refractivity contribution in [1.29, 1.82) is 0 Å². The van der Waals surface area contributed by atoms with Crippen molar-refractivity contribution in [3.8, 4) is 0 Å². The number of rotatable bonds is 4. The zero-order valence-electron chi connectivity index (χ0n) is 7.80. The first-order valence-corrected chi connectivity index (χ1v) is 4.10. The van der Waals surface area contributed by atoms with E-state index in [0.29, 0.717) is 0 Å². The summed E-state index contributed by atoms with van der Waals surface area (Å²) < 4.78 is 0. The van der Waals surface area contributed by atoms with E-state index < -0.39 is 5.97 Å². The van der Waals surface area contributed by atoms with Crippen LogP contribution in [-0.4, -0.2) is 24.4 Å². The lowest BCUT2D eigenvalue weighted by atomic mass is 10.1. The normalized spacial score (nSPS) is 10.4. The molecule has 0 aliphatic carbocycles. The molecule has 0 radical (unpaired) electrons. The predicted octanol–water partition coefficient (Wildman–Crippen LogP) is 1.29. The van der Waals surface area contributed by atoms with Crippen molar-refractivity contribution in [2.75, 3.05) is 7.11 Å². The number of hydrogen-bond donors (Lipinski definition) is 1. The molecule has 0 saturated heterocycles. The lowest BCUT2D eigenvalue weighted by molar-refractivity contribution is -0.136. The molecule has 1 N–H and O–H groups in total. The Hall–Kier alpha value is -1.84. The second kappa shape index (κ2) is 5.01. The molecule has 0 aromatic heterocycles. The first-order valence-electron chi connectivity index (χ1n) is 4.10. The number of carboxylic acids is 1. The van der Waals surface area contributed by atoms with Crippen molar-refractivity contribution < 1.29 is 14.7 Å². The van der Waals surface area contributed by atoms with E-state index in [9.17, 15) is 4.79 Å². The van der Waals surface area contributed by atoms with E-state index in [1.54, 1.807) is 18.2 Å². The quantitative estimate of drug-likeness (QED) is 0.579. The van der Waals surface area contributed by atoms with Gasteiger partial charge >= 0.3 is 5.97 Å². The summed E-state index contributed by atoms with van der Waals surface area (Å²) >= 11 is 0. The number of oxime groups is 1. The van der Waals surface area contributed by atoms with Crippen LogP contribution in [0.4, 0.5) is 0 Å². The largest absolute Gasteiger partial charge is 0.481 e. The summed E-state index contributed by atoms with van der Waals surface area (Å²) in [5.74, 6) is -0.858. The Morgan fingerprint density at radius 1 is 1.57 bits per heavy atom. The van der Waals surface area contributed by atoms with E-state index in [2.05, 4.69) is 9.99 Å². The van der Waals surface area contributed by atoms with Crippen LogP contribution in [0.1, 0.15) is 11.1 Å². The van der Waals surface area contributed by atoms with E-state index >= 15 is 0 Å². The number of aliphatic carboxylic acids is 1. The number of nitrogens with zero attached hydrogens (tertiary/aromatic N) is 1. The third kappa shape index (κ3) is 2.90. The number of benzene rings is 1. The lowest BCUT2D eigenvalue weighted by Gasteiger charge is -2.01. The van der Waals surface area contributed by atoms with Gasteiger partial charge in [-0.25, -0.2) is 0 Å². The van der Waals surface area contributed by atoms with Crippen LogP contribution in [0.3, 0.4) is 0 Å². The summed E-state index contributed by atoms with van der Waals surface area (Å²) in [4.78, 5) is 15.0. The van der Waals surface area contributed by atoms with Crippen molar-refractivity contribution in [3.05, 3.63) is 35.4 Å². The third-order valence-corrected chi connectivity index (χ3v) is 1.69. The maximum Gasteiger partial charge on any atom is 0.307 e. The smallest absolute Gasteiger partial charge is 0.307 e. The maximum absolute atomic E-state index is 10.5. The van der Waals surface area contributed by atoms with Gasteiger partial charge in [0.2, 0.25) is 0 Å². The molecule has 0 spiro atoms. The highest BCUT2D eigenvalue weighted by Crippen LogP contribution is 2.07. The van der Waals surface area contributed by atoms with Crippen LogP contribution < -0.4 is 0 Å². The Morgan fingerprint density at radius 2 is 2.29 bits per heavy atom. The molecule has 0 amide bonds. The first kappa shape index (κ1) is 10.2. The van der Waals surface area contributed by atoms with Crippen LogP contribution in [0.5, 0.6) is 0 Å². The molecular weight excluding hydrogens is 182 g/mol. The van der Waals surface area contributed by atoms with Crippen molar-refractivity contribution >= 4 is 12.2 Å². The lowest BCUT2D eigenvalue weighted by Crippen LogP contribution is -2.03. The molecule has 14 heavy (non-hydrogen) atoms. The molecular formula is C10H11NO3. The summed E-state index contributed by atoms with van der Waals surface area (Å²) in [5, 5.41) is 12.2. The molecule has 74 valence electrons. The molecule has 0 aliphatic heterocycles. The Labute approximate surface area is 81.8 Å². The summed E-state index contributed by atoms with van der Waals surface area (Å²) in [6.45, 7) is 0. The molecule has 1 rings (SSSR count). The highest BCUT2D eigenvalue weighted by molar-refractivity contribution is 5.84. The van der Waals surface area contributed by atoms with Crippen LogP contribution in [0.15, 0.2) is 29.4 Å². The summed E-state index contributed by atoms with van der Waals surface area (Å²) in [6.07, 6.45) is 1.49. The predicted molar refractivity (Wildman–Crippen MR) is 52.4 cm³/mol. The zero-order valence-corrected chi connectivity index (χ0v) is 7.80. The summed E-state index contributed by atoms with van der Waals surface area (Å²) in [5.41, 5.74) is 1.48. The standard InChI is InChI=1S/C10H11NO3/c1-14-11-7-9-5-3-2-4-8(9)6-10(12)13/h2-5,7H,6H2,1H3,(H,12,13)/b11-7-. The summed E-state index contributed by atoms with van der Waals surface area (Å²) in [6, 6.07) is 7.16. The van der Waals surface area contributed by atoms with Crippen LogP contribution in [0.2, 0.25) is 0 Å². The van der Waals surface area contributed by atoms with Gasteiger partial charge in [-0.2, -0.15) is 0 Å². The Bertz CT molecular complexity index is 347. The fourth-order valence-corrected chi connectivity index (χ4v) is 1.09. The highest BCUT2D eigenvalue weighted by atomic mass is 16.6. The van der Waals surface area contributed by atoms with Gasteiger partial charge in [-0.3, -0.25) is 4.79 Å². The summed E-state index contributed by atoms with van der Waals surface area (Å²) in [7, 11) is 1.44. The maximum atomic E-state index is 10.5. The zero-order chi connectivity index (χ0) is 10.4. The second-order valence-electron chi connectivity index (χ2n) is 2.69. The molecule has 0 unspecified atom stereocenters. The molecule has 0 aliphatic rings. The fourth-order valence-electron chi connectivity index (χ4n) is 1.09. The van der Waals surface area contributed by atoms with Gasteiger partial charge in [0, 0.05) is 0 Å². The van der Waals surface area contributed by atoms with Gasteiger partial charge in [-0.1, -0.05) is 29.4 Å². The molecule has 0 atom stereocenters. The second-order valence-corrected chi connectivity index (χ2v) is 2.69. The number of carbonyl (C=O) groups is 1. The number of hydrogen-bond acceptors (Lipinski definition) is 3.